The highest BCUT2D eigenvalue weighted by Gasteiger charge is 2.03. The number of pyridine rings is 1. The van der Waals surface area contributed by atoms with E-state index in [-0.39, 0.29) is 18.2 Å². The Kier molecular flexibility index (Phi) is 3.48. The molecule has 0 atom stereocenters. The van der Waals surface area contributed by atoms with Crippen molar-refractivity contribution in [2.75, 3.05) is 5.43 Å². The maximum atomic E-state index is 13.4. The molecule has 0 spiro atoms. The molecule has 0 fully saturated rings. The van der Waals surface area contributed by atoms with Gasteiger partial charge in [-0.1, -0.05) is 18.2 Å². The molecule has 0 aliphatic carbocycles. The molecular weight excluding hydrogens is 253 g/mol. The van der Waals surface area contributed by atoms with E-state index in [4.69, 9.17) is 0 Å². The Labute approximate surface area is 110 Å². The number of nitrogens with one attached hydrogen (secondary N) is 1. The van der Waals surface area contributed by atoms with Crippen LogP contribution in [0.1, 0.15) is 0 Å². The fourth-order valence-electron chi connectivity index (χ4n) is 1.78. The summed E-state index contributed by atoms with van der Waals surface area (Å²) in [5.41, 5.74) is 4.40. The third-order valence-electron chi connectivity index (χ3n) is 2.61. The molecule has 0 saturated heterocycles. The topological polar surface area (TPSA) is 29.9 Å². The first-order valence-electron chi connectivity index (χ1n) is 5.27. The summed E-state index contributed by atoms with van der Waals surface area (Å²) in [6, 6.07) is 11.5. The second kappa shape index (κ2) is 5.06. The van der Waals surface area contributed by atoms with E-state index in [1.165, 1.54) is 6.20 Å². The number of hydrogen-bond donors (Lipinski definition) is 1. The fourth-order valence-corrected chi connectivity index (χ4v) is 1.78. The molecule has 3 nitrogen and oxygen atoms in total. The number of fused-ring (bicyclic) bond motifs is 1. The summed E-state index contributed by atoms with van der Waals surface area (Å²) in [6.07, 6.45) is 4.61. The van der Waals surface area contributed by atoms with Crippen LogP contribution in [0.4, 0.5) is 10.1 Å². The van der Waals surface area contributed by atoms with E-state index in [0.717, 1.165) is 10.9 Å². The predicted molar refractivity (Wildman–Crippen MR) is 72.4 cm³/mol. The van der Waals surface area contributed by atoms with Gasteiger partial charge >= 0.3 is 0 Å². The minimum Gasteiger partial charge on any atom is -0.291 e. The minimum absolute atomic E-state index is 0. The molecule has 1 aromatic carbocycles. The van der Waals surface area contributed by atoms with Gasteiger partial charge in [-0.25, -0.2) is 4.39 Å². The smallest absolute Gasteiger partial charge is 0.166 e. The van der Waals surface area contributed by atoms with Crippen LogP contribution in [0.2, 0.25) is 0 Å². The average Bonchev–Trinajstić information content (AvgIpc) is 2.76. The lowest BCUT2D eigenvalue weighted by atomic mass is 10.3. The maximum Gasteiger partial charge on any atom is 0.166 e. The molecule has 1 N–H and O–H groups in total. The number of anilines is 1. The molecule has 0 saturated carbocycles. The first-order chi connectivity index (χ1) is 8.34. The van der Waals surface area contributed by atoms with Gasteiger partial charge < -0.3 is 0 Å². The Morgan fingerprint density at radius 2 is 1.94 bits per heavy atom. The lowest BCUT2D eigenvalue weighted by Crippen LogP contribution is -2.08. The van der Waals surface area contributed by atoms with Gasteiger partial charge in [0.2, 0.25) is 0 Å². The van der Waals surface area contributed by atoms with Crippen LogP contribution in [-0.4, -0.2) is 9.66 Å². The molecule has 0 bridgehead atoms. The maximum absolute atomic E-state index is 13.4. The molecule has 18 heavy (non-hydrogen) atoms. The van der Waals surface area contributed by atoms with Crippen LogP contribution in [0.5, 0.6) is 0 Å². The Morgan fingerprint density at radius 3 is 2.78 bits per heavy atom. The number of para-hydroxylation sites is 1. The van der Waals surface area contributed by atoms with Crippen molar-refractivity contribution in [2.45, 2.75) is 0 Å². The Morgan fingerprint density at radius 1 is 1.11 bits per heavy atom. The molecule has 0 aliphatic heterocycles. The van der Waals surface area contributed by atoms with Gasteiger partial charge in [-0.15, -0.1) is 12.4 Å². The molecule has 0 radical (unpaired) electrons. The lowest BCUT2D eigenvalue weighted by Gasteiger charge is -2.09. The van der Waals surface area contributed by atoms with Crippen LogP contribution in [0.15, 0.2) is 55.0 Å². The number of rotatable bonds is 2. The van der Waals surface area contributed by atoms with Crippen molar-refractivity contribution in [3.63, 3.8) is 0 Å². The van der Waals surface area contributed by atoms with Crippen molar-refractivity contribution in [3.05, 3.63) is 60.8 Å². The number of aromatic nitrogens is 2. The van der Waals surface area contributed by atoms with Crippen molar-refractivity contribution in [1.82, 2.24) is 9.66 Å². The third-order valence-corrected chi connectivity index (χ3v) is 2.61. The molecular formula is C13H11ClFN3. The highest BCUT2D eigenvalue weighted by molar-refractivity contribution is 5.85. The van der Waals surface area contributed by atoms with Gasteiger partial charge in [0.25, 0.3) is 0 Å². The Hall–Kier alpha value is -2.07. The van der Waals surface area contributed by atoms with Crippen molar-refractivity contribution >= 4 is 29.0 Å². The van der Waals surface area contributed by atoms with Crippen LogP contribution in [0.25, 0.3) is 10.9 Å². The summed E-state index contributed by atoms with van der Waals surface area (Å²) in [5, 5.41) is 1.11. The highest BCUT2D eigenvalue weighted by Crippen LogP contribution is 2.17. The molecule has 92 valence electrons. The van der Waals surface area contributed by atoms with Crippen LogP contribution in [-0.2, 0) is 0 Å². The Bertz CT molecular complexity index is 666. The number of benzene rings is 1. The zero-order chi connectivity index (χ0) is 11.7. The summed E-state index contributed by atoms with van der Waals surface area (Å²) in [4.78, 5) is 3.71. The summed E-state index contributed by atoms with van der Waals surface area (Å²) in [5.74, 6) is -0.370. The van der Waals surface area contributed by atoms with Crippen molar-refractivity contribution in [2.24, 2.45) is 0 Å². The van der Waals surface area contributed by atoms with Crippen LogP contribution < -0.4 is 5.43 Å². The van der Waals surface area contributed by atoms with E-state index in [2.05, 4.69) is 10.4 Å². The Balaban J connectivity index is 0.00000120. The average molecular weight is 264 g/mol. The molecule has 2 aromatic heterocycles. The first-order valence-corrected chi connectivity index (χ1v) is 5.27. The van der Waals surface area contributed by atoms with E-state index < -0.39 is 0 Å². The number of nitrogens with zero attached hydrogens (tertiary/aromatic N) is 2. The lowest BCUT2D eigenvalue weighted by molar-refractivity contribution is 0.622. The third kappa shape index (κ3) is 2.15. The summed E-state index contributed by atoms with van der Waals surface area (Å²) in [7, 11) is 0. The quantitative estimate of drug-likeness (QED) is 0.767. The molecule has 0 aliphatic rings. The zero-order valence-electron chi connectivity index (χ0n) is 9.38. The van der Waals surface area contributed by atoms with Gasteiger partial charge in [0.1, 0.15) is 0 Å². The minimum atomic E-state index is -0.370. The molecule has 0 unspecified atom stereocenters. The predicted octanol–water partition coefficient (Wildman–Crippen LogP) is 3.47. The number of hydrogen-bond acceptors (Lipinski definition) is 2. The summed E-state index contributed by atoms with van der Waals surface area (Å²) >= 11 is 0. The molecule has 5 heteroatoms. The largest absolute Gasteiger partial charge is 0.291 e. The van der Waals surface area contributed by atoms with Gasteiger partial charge in [-0.3, -0.25) is 15.1 Å². The van der Waals surface area contributed by atoms with E-state index in [1.807, 2.05) is 36.5 Å². The second-order valence-corrected chi connectivity index (χ2v) is 3.71. The standard InChI is InChI=1S/C13H10FN3.ClH/c14-11-9-15-7-5-12(11)16-17-8-6-10-3-1-2-4-13(10)17;/h1-9H,(H,15,16);1H. The van der Waals surface area contributed by atoms with Crippen LogP contribution in [0.3, 0.4) is 0 Å². The van der Waals surface area contributed by atoms with E-state index in [0.29, 0.717) is 5.69 Å². The first kappa shape index (κ1) is 12.4. The van der Waals surface area contributed by atoms with Gasteiger partial charge in [0.05, 0.1) is 17.4 Å². The van der Waals surface area contributed by atoms with E-state index >= 15 is 0 Å². The van der Waals surface area contributed by atoms with Gasteiger partial charge in [0.15, 0.2) is 5.82 Å². The summed E-state index contributed by atoms with van der Waals surface area (Å²) < 4.78 is 15.2. The van der Waals surface area contributed by atoms with Crippen LogP contribution in [0, 0.1) is 5.82 Å². The fraction of sp³-hybridized carbons (Fsp3) is 0. The molecule has 0 amide bonds. The molecule has 3 aromatic rings. The van der Waals surface area contributed by atoms with Crippen molar-refractivity contribution < 1.29 is 4.39 Å². The highest BCUT2D eigenvalue weighted by atomic mass is 35.5. The second-order valence-electron chi connectivity index (χ2n) is 3.71. The van der Waals surface area contributed by atoms with Gasteiger partial charge in [-0.2, -0.15) is 0 Å². The number of halogens is 2. The van der Waals surface area contributed by atoms with Crippen LogP contribution >= 0.6 is 12.4 Å². The molecule has 3 rings (SSSR count). The summed E-state index contributed by atoms with van der Waals surface area (Å²) in [6.45, 7) is 0. The molecule has 2 heterocycles. The van der Waals surface area contributed by atoms with Crippen molar-refractivity contribution in [1.29, 1.82) is 0 Å². The SMILES string of the molecule is Cl.Fc1cnccc1Nn1ccc2ccccc21. The van der Waals surface area contributed by atoms with E-state index in [1.54, 1.807) is 16.9 Å². The van der Waals surface area contributed by atoms with E-state index in [9.17, 15) is 4.39 Å². The monoisotopic (exact) mass is 263 g/mol. The normalized spacial score (nSPS) is 10.1. The zero-order valence-corrected chi connectivity index (χ0v) is 10.2. The van der Waals surface area contributed by atoms with Gasteiger partial charge in [-0.05, 0) is 18.2 Å². The van der Waals surface area contributed by atoms with Crippen molar-refractivity contribution in [3.8, 4) is 0 Å². The van der Waals surface area contributed by atoms with Gasteiger partial charge in [0, 0.05) is 17.8 Å².